The topological polar surface area (TPSA) is 46.2 Å². The first-order valence-electron chi connectivity index (χ1n) is 5.46. The quantitative estimate of drug-likeness (QED) is 0.852. The van der Waals surface area contributed by atoms with Crippen LogP contribution in [0.1, 0.15) is 24.3 Å². The van der Waals surface area contributed by atoms with E-state index in [1.165, 1.54) is 12.1 Å². The molecule has 1 aromatic rings. The van der Waals surface area contributed by atoms with E-state index in [1.54, 1.807) is 6.07 Å². The fourth-order valence-corrected chi connectivity index (χ4v) is 2.33. The van der Waals surface area contributed by atoms with Gasteiger partial charge in [-0.2, -0.15) is 0 Å². The van der Waals surface area contributed by atoms with E-state index in [4.69, 9.17) is 17.3 Å². The molecule has 0 bridgehead atoms. The lowest BCUT2D eigenvalue weighted by atomic mass is 9.90. The molecule has 1 saturated carbocycles. The number of hydrogen-bond donors (Lipinski definition) is 2. The highest BCUT2D eigenvalue weighted by Crippen LogP contribution is 2.40. The highest BCUT2D eigenvalue weighted by atomic mass is 35.5. The van der Waals surface area contributed by atoms with Crippen molar-refractivity contribution in [1.82, 2.24) is 0 Å². The predicted octanol–water partition coefficient (Wildman–Crippen LogP) is 2.29. The molecule has 1 aliphatic rings. The number of rotatable bonds is 4. The van der Waals surface area contributed by atoms with Crippen LogP contribution in [0.5, 0.6) is 0 Å². The Morgan fingerprint density at radius 3 is 2.69 bits per heavy atom. The second-order valence-corrected chi connectivity index (χ2v) is 4.74. The molecule has 2 atom stereocenters. The van der Waals surface area contributed by atoms with Crippen LogP contribution in [0.25, 0.3) is 0 Å². The van der Waals surface area contributed by atoms with Crippen LogP contribution in [-0.4, -0.2) is 17.8 Å². The highest BCUT2D eigenvalue weighted by molar-refractivity contribution is 6.31. The molecule has 4 heteroatoms. The van der Waals surface area contributed by atoms with Crippen molar-refractivity contribution in [2.24, 2.45) is 11.7 Å². The summed E-state index contributed by atoms with van der Waals surface area (Å²) in [5.74, 6) is -0.235. The second-order valence-electron chi connectivity index (χ2n) is 4.34. The fourth-order valence-electron chi connectivity index (χ4n) is 2.02. The lowest BCUT2D eigenvalue weighted by Crippen LogP contribution is -2.27. The van der Waals surface area contributed by atoms with Crippen LogP contribution in [0, 0.1) is 11.7 Å². The lowest BCUT2D eigenvalue weighted by molar-refractivity contribution is 0.123. The van der Waals surface area contributed by atoms with Crippen molar-refractivity contribution in [3.63, 3.8) is 0 Å². The van der Waals surface area contributed by atoms with Gasteiger partial charge < -0.3 is 10.8 Å². The van der Waals surface area contributed by atoms with Gasteiger partial charge in [0.1, 0.15) is 5.82 Å². The van der Waals surface area contributed by atoms with Crippen LogP contribution >= 0.6 is 11.6 Å². The SMILES string of the molecule is NCC(c1ccc(F)cc1Cl)C(O)C1CC1. The molecule has 2 rings (SSSR count). The highest BCUT2D eigenvalue weighted by Gasteiger charge is 2.35. The molecule has 0 heterocycles. The van der Waals surface area contributed by atoms with Gasteiger partial charge in [-0.05, 0) is 36.5 Å². The van der Waals surface area contributed by atoms with Gasteiger partial charge in [0.2, 0.25) is 0 Å². The van der Waals surface area contributed by atoms with Gasteiger partial charge in [0, 0.05) is 17.5 Å². The summed E-state index contributed by atoms with van der Waals surface area (Å²) in [6.07, 6.45) is 1.61. The van der Waals surface area contributed by atoms with Crippen LogP contribution in [-0.2, 0) is 0 Å². The van der Waals surface area contributed by atoms with Gasteiger partial charge in [-0.3, -0.25) is 0 Å². The van der Waals surface area contributed by atoms with E-state index >= 15 is 0 Å². The Morgan fingerprint density at radius 1 is 1.50 bits per heavy atom. The van der Waals surface area contributed by atoms with Gasteiger partial charge in [-0.25, -0.2) is 4.39 Å². The first-order valence-corrected chi connectivity index (χ1v) is 5.84. The predicted molar refractivity (Wildman–Crippen MR) is 61.9 cm³/mol. The standard InChI is InChI=1S/C12H15ClFNO/c13-11-5-8(14)3-4-9(11)10(6-15)12(16)7-1-2-7/h3-5,7,10,12,16H,1-2,6,15H2. The average molecular weight is 244 g/mol. The minimum absolute atomic E-state index is 0.194. The molecule has 1 fully saturated rings. The Morgan fingerprint density at radius 2 is 2.19 bits per heavy atom. The normalized spacial score (nSPS) is 19.5. The lowest BCUT2D eigenvalue weighted by Gasteiger charge is -2.22. The van der Waals surface area contributed by atoms with Crippen LogP contribution in [0.2, 0.25) is 5.02 Å². The molecule has 3 N–H and O–H groups in total. The molecule has 0 radical (unpaired) electrons. The van der Waals surface area contributed by atoms with Crippen LogP contribution in [0.15, 0.2) is 18.2 Å². The zero-order valence-corrected chi connectivity index (χ0v) is 9.62. The van der Waals surface area contributed by atoms with Gasteiger partial charge in [-0.15, -0.1) is 0 Å². The third-order valence-corrected chi connectivity index (χ3v) is 3.46. The van der Waals surface area contributed by atoms with E-state index in [0.717, 1.165) is 18.4 Å². The van der Waals surface area contributed by atoms with Crippen molar-refractivity contribution < 1.29 is 9.50 Å². The number of hydrogen-bond acceptors (Lipinski definition) is 2. The summed E-state index contributed by atoms with van der Waals surface area (Å²) in [6.45, 7) is 0.322. The van der Waals surface area contributed by atoms with E-state index in [1.807, 2.05) is 0 Å². The summed E-state index contributed by atoms with van der Waals surface area (Å²) >= 11 is 5.97. The molecule has 0 saturated heterocycles. The van der Waals surface area contributed by atoms with E-state index in [2.05, 4.69) is 0 Å². The summed E-state index contributed by atoms with van der Waals surface area (Å²) in [7, 11) is 0. The molecule has 2 nitrogen and oxygen atoms in total. The van der Waals surface area contributed by atoms with Gasteiger partial charge in [-0.1, -0.05) is 17.7 Å². The van der Waals surface area contributed by atoms with E-state index < -0.39 is 6.10 Å². The summed E-state index contributed by atoms with van der Waals surface area (Å²) in [6, 6.07) is 4.23. The maximum Gasteiger partial charge on any atom is 0.124 e. The zero-order chi connectivity index (χ0) is 11.7. The summed E-state index contributed by atoms with van der Waals surface area (Å²) in [5, 5.41) is 10.4. The monoisotopic (exact) mass is 243 g/mol. The molecule has 2 unspecified atom stereocenters. The maximum absolute atomic E-state index is 12.9. The molecule has 1 aliphatic carbocycles. The fraction of sp³-hybridized carbons (Fsp3) is 0.500. The van der Waals surface area contributed by atoms with Crippen LogP contribution < -0.4 is 5.73 Å². The zero-order valence-electron chi connectivity index (χ0n) is 8.87. The largest absolute Gasteiger partial charge is 0.392 e. The molecular formula is C12H15ClFNO. The molecule has 0 aromatic heterocycles. The van der Waals surface area contributed by atoms with E-state index in [-0.39, 0.29) is 11.7 Å². The van der Waals surface area contributed by atoms with Crippen molar-refractivity contribution in [3.05, 3.63) is 34.6 Å². The van der Waals surface area contributed by atoms with Crippen LogP contribution in [0.3, 0.4) is 0 Å². The maximum atomic E-state index is 12.9. The molecule has 16 heavy (non-hydrogen) atoms. The minimum atomic E-state index is -0.465. The van der Waals surface area contributed by atoms with E-state index in [9.17, 15) is 9.50 Å². The summed E-state index contributed by atoms with van der Waals surface area (Å²) in [4.78, 5) is 0. The number of aliphatic hydroxyl groups excluding tert-OH is 1. The Kier molecular flexibility index (Phi) is 3.47. The number of aliphatic hydroxyl groups is 1. The second kappa shape index (κ2) is 4.70. The van der Waals surface area contributed by atoms with Gasteiger partial charge in [0.15, 0.2) is 0 Å². The molecule has 0 aliphatic heterocycles. The number of halogens is 2. The average Bonchev–Trinajstić information content (AvgIpc) is 3.05. The van der Waals surface area contributed by atoms with Crippen molar-refractivity contribution in [3.8, 4) is 0 Å². The Balaban J connectivity index is 2.24. The molecule has 0 spiro atoms. The Hall–Kier alpha value is -0.640. The molecule has 1 aromatic carbocycles. The molecule has 0 amide bonds. The van der Waals surface area contributed by atoms with Crippen molar-refractivity contribution in [2.75, 3.05) is 6.54 Å². The first kappa shape index (κ1) is 11.8. The third-order valence-electron chi connectivity index (χ3n) is 3.13. The third kappa shape index (κ3) is 2.37. The number of nitrogens with two attached hydrogens (primary N) is 1. The minimum Gasteiger partial charge on any atom is -0.392 e. The van der Waals surface area contributed by atoms with Gasteiger partial charge in [0.05, 0.1) is 6.10 Å². The van der Waals surface area contributed by atoms with Crippen LogP contribution in [0.4, 0.5) is 4.39 Å². The first-order chi connectivity index (χ1) is 7.63. The number of benzene rings is 1. The van der Waals surface area contributed by atoms with Gasteiger partial charge >= 0.3 is 0 Å². The summed E-state index contributed by atoms with van der Waals surface area (Å²) in [5.41, 5.74) is 6.41. The van der Waals surface area contributed by atoms with Crippen molar-refractivity contribution in [1.29, 1.82) is 0 Å². The Bertz CT molecular complexity index is 381. The Labute approximate surface area is 99.2 Å². The smallest absolute Gasteiger partial charge is 0.124 e. The summed E-state index contributed by atoms with van der Waals surface area (Å²) < 4.78 is 12.9. The molecule has 88 valence electrons. The van der Waals surface area contributed by atoms with E-state index in [0.29, 0.717) is 17.5 Å². The van der Waals surface area contributed by atoms with Gasteiger partial charge in [0.25, 0.3) is 0 Å². The van der Waals surface area contributed by atoms with Crippen molar-refractivity contribution >= 4 is 11.6 Å². The van der Waals surface area contributed by atoms with Crippen molar-refractivity contribution in [2.45, 2.75) is 24.9 Å². The molecular weight excluding hydrogens is 229 g/mol.